The van der Waals surface area contributed by atoms with E-state index >= 15 is 0 Å². The molecule has 0 saturated carbocycles. The summed E-state index contributed by atoms with van der Waals surface area (Å²) in [5.41, 5.74) is 0.335. The van der Waals surface area contributed by atoms with Crippen molar-refractivity contribution >= 4 is 29.5 Å². The summed E-state index contributed by atoms with van der Waals surface area (Å²) in [7, 11) is 1.72. The van der Waals surface area contributed by atoms with Crippen molar-refractivity contribution in [2.24, 2.45) is 12.2 Å². The zero-order valence-electron chi connectivity index (χ0n) is 7.91. The summed E-state index contributed by atoms with van der Waals surface area (Å²) in [4.78, 5) is 12.1. The summed E-state index contributed by atoms with van der Waals surface area (Å²) < 4.78 is 6.46. The molecule has 0 fully saturated rings. The third-order valence-corrected chi connectivity index (χ3v) is 2.74. The van der Waals surface area contributed by atoms with Crippen molar-refractivity contribution in [3.05, 3.63) is 16.9 Å². The number of rotatable bonds is 3. The fraction of sp³-hybridized carbons (Fsp3) is 0.375. The number of nitrogens with zero attached hydrogens (tertiary/aromatic N) is 1. The highest BCUT2D eigenvalue weighted by atomic mass is 35.5. The van der Waals surface area contributed by atoms with Crippen LogP contribution in [0.3, 0.4) is 0 Å². The van der Waals surface area contributed by atoms with E-state index < -0.39 is 5.97 Å². The van der Waals surface area contributed by atoms with Gasteiger partial charge in [-0.2, -0.15) is 0 Å². The largest absolute Gasteiger partial charge is 0.461 e. The molecule has 0 aliphatic rings. The highest BCUT2D eigenvalue weighted by Gasteiger charge is 2.19. The average Bonchev–Trinajstić information content (AvgIpc) is 2.41. The molecular formula is C8H11ClN2O2S. The van der Waals surface area contributed by atoms with Gasteiger partial charge < -0.3 is 9.30 Å². The number of ether oxygens (including phenoxy) is 1. The lowest BCUT2D eigenvalue weighted by molar-refractivity contribution is 0.0515. The Morgan fingerprint density at radius 1 is 1.79 bits per heavy atom. The predicted molar refractivity (Wildman–Crippen MR) is 56.4 cm³/mol. The highest BCUT2D eigenvalue weighted by Crippen LogP contribution is 2.29. The van der Waals surface area contributed by atoms with E-state index in [-0.39, 0.29) is 0 Å². The third-order valence-electron chi connectivity index (χ3n) is 1.68. The van der Waals surface area contributed by atoms with Crippen LogP contribution in [-0.2, 0) is 11.8 Å². The maximum atomic E-state index is 11.4. The van der Waals surface area contributed by atoms with Crippen LogP contribution in [0.4, 0.5) is 0 Å². The standard InChI is InChI=1S/C8H11ClN2O2S/c1-3-13-8(12)7-6(9)5(14-10)4-11(7)2/h4H,3,10H2,1-2H3. The zero-order valence-corrected chi connectivity index (χ0v) is 9.48. The molecule has 0 aliphatic heterocycles. The first-order chi connectivity index (χ1) is 6.61. The first-order valence-electron chi connectivity index (χ1n) is 4.00. The molecule has 0 saturated heterocycles. The molecule has 0 aliphatic carbocycles. The second-order valence-electron chi connectivity index (χ2n) is 2.61. The Hall–Kier alpha value is -0.650. The topological polar surface area (TPSA) is 57.2 Å². The molecule has 4 nitrogen and oxygen atoms in total. The Morgan fingerprint density at radius 2 is 2.43 bits per heavy atom. The molecule has 0 atom stereocenters. The number of halogens is 1. The molecule has 0 amide bonds. The molecule has 0 unspecified atom stereocenters. The number of hydrogen-bond donors (Lipinski definition) is 1. The van der Waals surface area contributed by atoms with Crippen molar-refractivity contribution < 1.29 is 9.53 Å². The molecular weight excluding hydrogens is 224 g/mol. The number of esters is 1. The number of carbonyl (C=O) groups is 1. The minimum absolute atomic E-state index is 0.325. The molecule has 0 spiro atoms. The van der Waals surface area contributed by atoms with Gasteiger partial charge in [-0.3, -0.25) is 5.14 Å². The Morgan fingerprint density at radius 3 is 2.86 bits per heavy atom. The second kappa shape index (κ2) is 4.72. The van der Waals surface area contributed by atoms with Crippen molar-refractivity contribution in [2.45, 2.75) is 11.8 Å². The van der Waals surface area contributed by atoms with E-state index in [4.69, 9.17) is 21.5 Å². The van der Waals surface area contributed by atoms with E-state index in [2.05, 4.69) is 0 Å². The number of carbonyl (C=O) groups excluding carboxylic acids is 1. The zero-order chi connectivity index (χ0) is 10.7. The van der Waals surface area contributed by atoms with Crippen molar-refractivity contribution in [3.8, 4) is 0 Å². The van der Waals surface area contributed by atoms with Gasteiger partial charge in [0.2, 0.25) is 0 Å². The van der Waals surface area contributed by atoms with Gasteiger partial charge in [-0.15, -0.1) is 0 Å². The Bertz CT molecular complexity index is 351. The first kappa shape index (κ1) is 11.4. The summed E-state index contributed by atoms with van der Waals surface area (Å²) in [6, 6.07) is 0. The summed E-state index contributed by atoms with van der Waals surface area (Å²) in [5.74, 6) is -0.430. The van der Waals surface area contributed by atoms with Gasteiger partial charge in [0.05, 0.1) is 16.5 Å². The van der Waals surface area contributed by atoms with E-state index in [0.717, 1.165) is 11.9 Å². The smallest absolute Gasteiger partial charge is 0.356 e. The van der Waals surface area contributed by atoms with Gasteiger partial charge >= 0.3 is 5.97 Å². The van der Waals surface area contributed by atoms with Crippen molar-refractivity contribution in [3.63, 3.8) is 0 Å². The maximum absolute atomic E-state index is 11.4. The second-order valence-corrected chi connectivity index (χ2v) is 3.66. The molecule has 6 heteroatoms. The van der Waals surface area contributed by atoms with Gasteiger partial charge in [0.1, 0.15) is 5.69 Å². The van der Waals surface area contributed by atoms with E-state index in [1.165, 1.54) is 0 Å². The molecule has 14 heavy (non-hydrogen) atoms. The number of nitrogens with two attached hydrogens (primary N) is 1. The summed E-state index contributed by atoms with van der Waals surface area (Å²) in [6.45, 7) is 2.07. The molecule has 0 aromatic carbocycles. The Labute approximate surface area is 91.5 Å². The third kappa shape index (κ3) is 2.05. The van der Waals surface area contributed by atoms with Crippen LogP contribution >= 0.6 is 23.5 Å². The van der Waals surface area contributed by atoms with Gasteiger partial charge in [-0.25, -0.2) is 4.79 Å². The summed E-state index contributed by atoms with van der Waals surface area (Å²) in [5, 5.41) is 5.72. The minimum Gasteiger partial charge on any atom is -0.461 e. The quantitative estimate of drug-likeness (QED) is 0.640. The number of aryl methyl sites for hydroxylation is 1. The lowest BCUT2D eigenvalue weighted by atomic mass is 10.4. The molecule has 0 bridgehead atoms. The van der Waals surface area contributed by atoms with Crippen LogP contribution in [0.5, 0.6) is 0 Å². The van der Waals surface area contributed by atoms with Crippen LogP contribution in [0.2, 0.25) is 5.02 Å². The van der Waals surface area contributed by atoms with Crippen LogP contribution in [0.15, 0.2) is 11.1 Å². The monoisotopic (exact) mass is 234 g/mol. The average molecular weight is 235 g/mol. The van der Waals surface area contributed by atoms with Crippen LogP contribution in [0.25, 0.3) is 0 Å². The van der Waals surface area contributed by atoms with Crippen molar-refractivity contribution in [1.29, 1.82) is 0 Å². The molecule has 2 N–H and O–H groups in total. The van der Waals surface area contributed by atoms with Crippen LogP contribution in [-0.4, -0.2) is 17.1 Å². The fourth-order valence-electron chi connectivity index (χ4n) is 1.08. The van der Waals surface area contributed by atoms with E-state index in [1.54, 1.807) is 24.7 Å². The lowest BCUT2D eigenvalue weighted by Crippen LogP contribution is -2.09. The molecule has 78 valence electrons. The van der Waals surface area contributed by atoms with E-state index in [9.17, 15) is 4.79 Å². The minimum atomic E-state index is -0.430. The van der Waals surface area contributed by atoms with E-state index in [1.807, 2.05) is 0 Å². The molecule has 0 radical (unpaired) electrons. The number of hydrogen-bond acceptors (Lipinski definition) is 4. The van der Waals surface area contributed by atoms with Crippen LogP contribution in [0, 0.1) is 0 Å². The van der Waals surface area contributed by atoms with Gasteiger partial charge in [-0.05, 0) is 18.9 Å². The molecule has 1 rings (SSSR count). The van der Waals surface area contributed by atoms with Gasteiger partial charge in [-0.1, -0.05) is 11.6 Å². The lowest BCUT2D eigenvalue weighted by Gasteiger charge is -2.02. The highest BCUT2D eigenvalue weighted by molar-refractivity contribution is 7.97. The molecule has 1 heterocycles. The van der Waals surface area contributed by atoms with Crippen LogP contribution in [0.1, 0.15) is 17.4 Å². The predicted octanol–water partition coefficient (Wildman–Crippen LogP) is 1.82. The van der Waals surface area contributed by atoms with E-state index in [0.29, 0.717) is 22.2 Å². The van der Waals surface area contributed by atoms with Gasteiger partial charge in [0.25, 0.3) is 0 Å². The number of aromatic nitrogens is 1. The molecule has 1 aromatic rings. The van der Waals surface area contributed by atoms with Gasteiger partial charge in [0, 0.05) is 13.2 Å². The fourth-order valence-corrected chi connectivity index (χ4v) is 1.90. The van der Waals surface area contributed by atoms with Crippen molar-refractivity contribution in [2.75, 3.05) is 6.61 Å². The Balaban J connectivity index is 3.07. The summed E-state index contributed by atoms with van der Waals surface area (Å²) in [6.07, 6.45) is 1.69. The Kier molecular flexibility index (Phi) is 3.86. The first-order valence-corrected chi connectivity index (χ1v) is 5.26. The summed E-state index contributed by atoms with van der Waals surface area (Å²) >= 11 is 6.94. The SMILES string of the molecule is CCOC(=O)c1c(Cl)c(SN)cn1C. The van der Waals surface area contributed by atoms with Crippen molar-refractivity contribution in [1.82, 2.24) is 4.57 Å². The maximum Gasteiger partial charge on any atom is 0.356 e. The molecule has 1 aromatic heterocycles. The van der Waals surface area contributed by atoms with Crippen LogP contribution < -0.4 is 5.14 Å². The van der Waals surface area contributed by atoms with Gasteiger partial charge in [0.15, 0.2) is 0 Å². The normalized spacial score (nSPS) is 10.3.